The summed E-state index contributed by atoms with van der Waals surface area (Å²) in [5.74, 6) is -2.65. The SMILES string of the molecule is C[C@]12CCC(=O)C=C1CC[C@H]1[C@@H]3CC[C@](O)(C(=O)COC4O[C@H](CO)[C@@H](O)[C@H](O)[C@H]4O)[C@@]3(C)CC(=O)[C@@]12F. The molecule has 0 aromatic carbocycles. The van der Waals surface area contributed by atoms with E-state index in [0.29, 0.717) is 24.8 Å². The van der Waals surface area contributed by atoms with E-state index in [1.54, 1.807) is 13.8 Å². The standard InChI is InChI=1S/C27H37FO10/c1-24-7-5-14(30)9-13(24)3-4-16-15-6-8-26(36,25(15,2)10-18(31)27(16,24)28)19(32)12-37-23-22(35)21(34)20(33)17(11-29)38-23/h9,15-17,20-23,29,33-36H,3-8,10-12H2,1-2H3/t15-,16-,17+,20+,21-,22+,23?,24-,25-,26-,27-/m0/s1. The molecule has 1 unspecified atom stereocenters. The van der Waals surface area contributed by atoms with Gasteiger partial charge in [-0.1, -0.05) is 19.4 Å². The number of hydrogen-bond acceptors (Lipinski definition) is 10. The topological polar surface area (TPSA) is 171 Å². The van der Waals surface area contributed by atoms with E-state index in [0.717, 1.165) is 0 Å². The number of rotatable bonds is 5. The maximum atomic E-state index is 17.1. The van der Waals surface area contributed by atoms with Crippen molar-refractivity contribution in [1.82, 2.24) is 0 Å². The van der Waals surface area contributed by atoms with Gasteiger partial charge in [-0.2, -0.15) is 0 Å². The van der Waals surface area contributed by atoms with Crippen LogP contribution in [0.25, 0.3) is 0 Å². The van der Waals surface area contributed by atoms with Gasteiger partial charge in [0.25, 0.3) is 0 Å². The number of carbonyl (C=O) groups excluding carboxylic acids is 3. The molecule has 4 aliphatic carbocycles. The third-order valence-corrected chi connectivity index (χ3v) is 10.6. The number of hydrogen-bond donors (Lipinski definition) is 5. The molecule has 5 rings (SSSR count). The molecule has 5 aliphatic rings. The lowest BCUT2D eigenvalue weighted by molar-refractivity contribution is -0.300. The van der Waals surface area contributed by atoms with Gasteiger partial charge in [-0.15, -0.1) is 0 Å². The summed E-state index contributed by atoms with van der Waals surface area (Å²) in [4.78, 5) is 39.1. The van der Waals surface area contributed by atoms with Gasteiger partial charge >= 0.3 is 0 Å². The number of halogens is 1. The second-order valence-corrected chi connectivity index (χ2v) is 12.3. The summed E-state index contributed by atoms with van der Waals surface area (Å²) in [6, 6.07) is 0. The fraction of sp³-hybridized carbons (Fsp3) is 0.815. The first kappa shape index (κ1) is 27.9. The molecule has 0 aromatic rings. The van der Waals surface area contributed by atoms with Crippen LogP contribution in [0.15, 0.2) is 11.6 Å². The van der Waals surface area contributed by atoms with Crippen LogP contribution in [0.1, 0.15) is 58.8 Å². The van der Waals surface area contributed by atoms with Crippen molar-refractivity contribution in [2.24, 2.45) is 22.7 Å². The van der Waals surface area contributed by atoms with Crippen LogP contribution in [0.2, 0.25) is 0 Å². The molecular formula is C27H37FO10. The van der Waals surface area contributed by atoms with Gasteiger partial charge < -0.3 is 35.0 Å². The van der Waals surface area contributed by atoms with E-state index < -0.39 is 89.4 Å². The van der Waals surface area contributed by atoms with Crippen molar-refractivity contribution in [2.45, 2.75) is 101 Å². The van der Waals surface area contributed by atoms with Crippen LogP contribution in [-0.4, -0.2) is 98.1 Å². The maximum absolute atomic E-state index is 17.1. The van der Waals surface area contributed by atoms with E-state index in [2.05, 4.69) is 0 Å². The van der Waals surface area contributed by atoms with Gasteiger partial charge in [0.15, 0.2) is 29.3 Å². The molecule has 11 heteroatoms. The Kier molecular flexibility index (Phi) is 6.78. The van der Waals surface area contributed by atoms with Crippen LogP contribution in [0.4, 0.5) is 4.39 Å². The molecule has 212 valence electrons. The number of allylic oxidation sites excluding steroid dienone is 1. The van der Waals surface area contributed by atoms with Gasteiger partial charge in [0, 0.05) is 29.6 Å². The highest BCUT2D eigenvalue weighted by molar-refractivity contribution is 5.97. The summed E-state index contributed by atoms with van der Waals surface area (Å²) in [7, 11) is 0. The average Bonchev–Trinajstić information content (AvgIpc) is 3.14. The molecule has 5 N–H and O–H groups in total. The highest BCUT2D eigenvalue weighted by atomic mass is 19.1. The summed E-state index contributed by atoms with van der Waals surface area (Å²) >= 11 is 0. The van der Waals surface area contributed by atoms with E-state index in [4.69, 9.17) is 9.47 Å². The van der Waals surface area contributed by atoms with Crippen LogP contribution in [0, 0.1) is 22.7 Å². The molecule has 1 aliphatic heterocycles. The summed E-state index contributed by atoms with van der Waals surface area (Å²) in [5, 5.41) is 51.2. The monoisotopic (exact) mass is 540 g/mol. The Hall–Kier alpha value is -1.60. The average molecular weight is 541 g/mol. The highest BCUT2D eigenvalue weighted by Crippen LogP contribution is 2.69. The van der Waals surface area contributed by atoms with Gasteiger partial charge in [0.05, 0.1) is 6.61 Å². The smallest absolute Gasteiger partial charge is 0.190 e. The van der Waals surface area contributed by atoms with E-state index in [1.165, 1.54) is 6.08 Å². The normalized spacial score (nSPS) is 50.6. The van der Waals surface area contributed by atoms with Crippen LogP contribution in [-0.2, 0) is 23.9 Å². The number of alkyl halides is 1. The van der Waals surface area contributed by atoms with Crippen molar-refractivity contribution in [2.75, 3.05) is 13.2 Å². The van der Waals surface area contributed by atoms with Crippen molar-refractivity contribution in [3.8, 4) is 0 Å². The number of ketones is 3. The zero-order valence-corrected chi connectivity index (χ0v) is 21.6. The number of Topliss-reactive ketones (excluding diaryl/α,β-unsaturated/α-hetero) is 2. The lowest BCUT2D eigenvalue weighted by Crippen LogP contribution is -2.68. The number of aliphatic hydroxyl groups excluding tert-OH is 4. The fourth-order valence-corrected chi connectivity index (χ4v) is 8.24. The Morgan fingerprint density at radius 3 is 2.47 bits per heavy atom. The number of aliphatic hydroxyl groups is 5. The number of fused-ring (bicyclic) bond motifs is 5. The number of ether oxygens (including phenoxy) is 2. The maximum Gasteiger partial charge on any atom is 0.190 e. The Bertz CT molecular complexity index is 1060. The molecule has 38 heavy (non-hydrogen) atoms. The van der Waals surface area contributed by atoms with Crippen molar-refractivity contribution in [1.29, 1.82) is 0 Å². The first-order valence-corrected chi connectivity index (χ1v) is 13.4. The minimum absolute atomic E-state index is 0.00278. The molecule has 3 saturated carbocycles. The molecule has 1 saturated heterocycles. The highest BCUT2D eigenvalue weighted by Gasteiger charge is 2.74. The quantitative estimate of drug-likeness (QED) is 0.317. The summed E-state index contributed by atoms with van der Waals surface area (Å²) in [6.45, 7) is 1.97. The predicted molar refractivity (Wildman–Crippen MR) is 127 cm³/mol. The van der Waals surface area contributed by atoms with Crippen LogP contribution in [0.5, 0.6) is 0 Å². The summed E-state index contributed by atoms with van der Waals surface area (Å²) in [6.07, 6.45) is -5.04. The van der Waals surface area contributed by atoms with Gasteiger partial charge in [0.2, 0.25) is 0 Å². The van der Waals surface area contributed by atoms with Crippen molar-refractivity contribution in [3.63, 3.8) is 0 Å². The number of carbonyl (C=O) groups is 3. The fourth-order valence-electron chi connectivity index (χ4n) is 8.24. The van der Waals surface area contributed by atoms with Crippen molar-refractivity contribution < 1.29 is 53.8 Å². The lowest BCUT2D eigenvalue weighted by atomic mass is 9.44. The van der Waals surface area contributed by atoms with E-state index in [1.807, 2.05) is 0 Å². The zero-order chi connectivity index (χ0) is 27.8. The lowest BCUT2D eigenvalue weighted by Gasteiger charge is -2.60. The van der Waals surface area contributed by atoms with Gasteiger partial charge in [0.1, 0.15) is 36.6 Å². The third-order valence-electron chi connectivity index (χ3n) is 10.6. The van der Waals surface area contributed by atoms with Gasteiger partial charge in [-0.3, -0.25) is 14.4 Å². The molecular weight excluding hydrogens is 503 g/mol. The molecule has 11 atom stereocenters. The zero-order valence-electron chi connectivity index (χ0n) is 21.6. The Morgan fingerprint density at radius 2 is 1.79 bits per heavy atom. The molecule has 0 bridgehead atoms. The molecule has 0 amide bonds. The molecule has 0 spiro atoms. The Balaban J connectivity index is 1.37. The molecule has 0 aromatic heterocycles. The van der Waals surface area contributed by atoms with E-state index in [9.17, 15) is 39.9 Å². The largest absolute Gasteiger partial charge is 0.394 e. The van der Waals surface area contributed by atoms with Crippen LogP contribution < -0.4 is 0 Å². The van der Waals surface area contributed by atoms with Gasteiger partial charge in [-0.05, 0) is 44.1 Å². The second kappa shape index (κ2) is 9.22. The molecule has 10 nitrogen and oxygen atoms in total. The minimum Gasteiger partial charge on any atom is -0.394 e. The summed E-state index contributed by atoms with van der Waals surface area (Å²) in [5.41, 5.74) is -5.87. The minimum atomic E-state index is -2.19. The predicted octanol–water partition coefficient (Wildman–Crippen LogP) is -0.0939. The third kappa shape index (κ3) is 3.59. The molecule has 0 radical (unpaired) electrons. The Morgan fingerprint density at radius 1 is 1.08 bits per heavy atom. The van der Waals surface area contributed by atoms with E-state index in [-0.39, 0.29) is 31.5 Å². The van der Waals surface area contributed by atoms with Crippen LogP contribution >= 0.6 is 0 Å². The van der Waals surface area contributed by atoms with Crippen molar-refractivity contribution >= 4 is 17.3 Å². The first-order chi connectivity index (χ1) is 17.7. The second-order valence-electron chi connectivity index (χ2n) is 12.3. The van der Waals surface area contributed by atoms with Crippen molar-refractivity contribution in [3.05, 3.63) is 11.6 Å². The van der Waals surface area contributed by atoms with E-state index >= 15 is 4.39 Å². The Labute approximate surface area is 219 Å². The summed E-state index contributed by atoms with van der Waals surface area (Å²) < 4.78 is 27.8. The molecule has 1 heterocycles. The van der Waals surface area contributed by atoms with Gasteiger partial charge in [-0.25, -0.2) is 4.39 Å². The molecule has 4 fully saturated rings. The first-order valence-electron chi connectivity index (χ1n) is 13.4. The van der Waals surface area contributed by atoms with Crippen LogP contribution in [0.3, 0.4) is 0 Å².